The first-order chi connectivity index (χ1) is 28.1. The molecule has 0 aliphatic carbocycles. The van der Waals surface area contributed by atoms with E-state index in [9.17, 15) is 25.1 Å². The predicted octanol–water partition coefficient (Wildman–Crippen LogP) is 5.38. The van der Waals surface area contributed by atoms with E-state index in [1.807, 2.05) is 20.0 Å². The third kappa shape index (κ3) is 5.79. The number of methoxy groups -OCH3 is 2. The van der Waals surface area contributed by atoms with Crippen LogP contribution in [-0.4, -0.2) is 103 Å². The lowest BCUT2D eigenvalue weighted by Gasteiger charge is -2.62. The fraction of sp³-hybridized carbons (Fsp3) is 0.512. The van der Waals surface area contributed by atoms with E-state index in [0.29, 0.717) is 64.5 Å². The molecule has 2 fully saturated rings. The molecule has 10 rings (SSSR count). The zero-order valence-electron chi connectivity index (χ0n) is 34.3. The van der Waals surface area contributed by atoms with Gasteiger partial charge in [-0.25, -0.2) is 9.59 Å². The number of hydrogen-bond acceptors (Lipinski definition) is 16. The first kappa shape index (κ1) is 39.4. The third-order valence-electron chi connectivity index (χ3n) is 12.8. The van der Waals surface area contributed by atoms with E-state index >= 15 is 0 Å². The standard InChI is InChI=1S/C43H48N4O11S/c1-19-11-22-12-24-25(15-44)47-26-16-54-40(50)43(23-14-27(52-7)28(13-21(23)9-10-45-43)57-41(51)58-42(3,4)5)17-59-39(31-30(26)38-37(55-18-56-38)20(2)34(31)48)33(47)32(46(24)6)29(22)35(49)36(19)53-8/h11,13-14,24-26,32-33,39,45,48-49H,9-10,12,16-18H2,1-8H3/t24-,25-,26-,32?,33?,39+,43+/m0/s1. The van der Waals surface area contributed by atoms with Crippen molar-refractivity contribution in [1.82, 2.24) is 15.1 Å². The van der Waals surface area contributed by atoms with Gasteiger partial charge in [-0.05, 0) is 88.9 Å². The van der Waals surface area contributed by atoms with Gasteiger partial charge >= 0.3 is 12.1 Å². The molecule has 16 heteroatoms. The van der Waals surface area contributed by atoms with Crippen molar-refractivity contribution in [2.45, 2.75) is 94.1 Å². The van der Waals surface area contributed by atoms with Crippen molar-refractivity contribution >= 4 is 23.9 Å². The summed E-state index contributed by atoms with van der Waals surface area (Å²) in [5.41, 5.74) is 3.33. The summed E-state index contributed by atoms with van der Waals surface area (Å²) < 4.78 is 41.1. The molecule has 3 aromatic carbocycles. The minimum atomic E-state index is -1.41. The maximum absolute atomic E-state index is 14.9. The van der Waals surface area contributed by atoms with E-state index < -0.39 is 52.7 Å². The summed E-state index contributed by atoms with van der Waals surface area (Å²) in [6, 6.07) is 5.34. The molecular weight excluding hydrogens is 781 g/mol. The lowest BCUT2D eigenvalue weighted by molar-refractivity contribution is -0.157. The first-order valence-electron chi connectivity index (χ1n) is 19.7. The van der Waals surface area contributed by atoms with Crippen LogP contribution in [0, 0.1) is 25.2 Å². The minimum Gasteiger partial charge on any atom is -0.507 e. The van der Waals surface area contributed by atoms with Crippen LogP contribution in [0.25, 0.3) is 0 Å². The van der Waals surface area contributed by atoms with E-state index in [0.717, 1.165) is 16.7 Å². The van der Waals surface area contributed by atoms with E-state index in [-0.39, 0.29) is 48.2 Å². The zero-order valence-corrected chi connectivity index (χ0v) is 35.1. The summed E-state index contributed by atoms with van der Waals surface area (Å²) in [4.78, 5) is 32.0. The van der Waals surface area contributed by atoms with Crippen molar-refractivity contribution < 1.29 is 53.0 Å². The number of benzene rings is 3. The summed E-state index contributed by atoms with van der Waals surface area (Å²) >= 11 is 1.46. The minimum absolute atomic E-state index is 0.0370. The van der Waals surface area contributed by atoms with Crippen LogP contribution in [0.1, 0.15) is 82.6 Å². The summed E-state index contributed by atoms with van der Waals surface area (Å²) in [5, 5.41) is 38.4. The van der Waals surface area contributed by atoms with Gasteiger partial charge in [-0.15, -0.1) is 11.8 Å². The third-order valence-corrected chi connectivity index (χ3v) is 14.3. The number of ether oxygens (including phenoxy) is 7. The van der Waals surface area contributed by atoms with Crippen LogP contribution in [0.15, 0.2) is 18.2 Å². The average Bonchev–Trinajstić information content (AvgIpc) is 3.68. The number of phenols is 2. The molecule has 0 saturated carbocycles. The number of hydrogen-bond donors (Lipinski definition) is 3. The van der Waals surface area contributed by atoms with Crippen molar-refractivity contribution in [3.05, 3.63) is 62.7 Å². The van der Waals surface area contributed by atoms with E-state index in [2.05, 4.69) is 21.2 Å². The fourth-order valence-corrected chi connectivity index (χ4v) is 12.0. The summed E-state index contributed by atoms with van der Waals surface area (Å²) in [6.07, 6.45) is 0.108. The molecule has 7 aliphatic rings. The Morgan fingerprint density at radius 2 is 1.78 bits per heavy atom. The average molecular weight is 829 g/mol. The van der Waals surface area contributed by atoms with Gasteiger partial charge in [0.25, 0.3) is 0 Å². The molecule has 7 heterocycles. The maximum Gasteiger partial charge on any atom is 0.514 e. The number of aryl methyl sites for hydroxylation is 1. The largest absolute Gasteiger partial charge is 0.514 e. The summed E-state index contributed by atoms with van der Waals surface area (Å²) in [5.74, 6) is 1.30. The van der Waals surface area contributed by atoms with Gasteiger partial charge < -0.3 is 43.4 Å². The predicted molar refractivity (Wildman–Crippen MR) is 214 cm³/mol. The Balaban J connectivity index is 1.24. The monoisotopic (exact) mass is 828 g/mol. The van der Waals surface area contributed by atoms with Crippen LogP contribution in [0.3, 0.4) is 0 Å². The van der Waals surface area contributed by atoms with Crippen LogP contribution >= 0.6 is 11.8 Å². The molecule has 0 aromatic heterocycles. The number of carbonyl (C=O) groups is 2. The number of nitrogens with one attached hydrogen (secondary N) is 1. The number of thioether (sulfide) groups is 1. The first-order valence-corrected chi connectivity index (χ1v) is 20.8. The lowest BCUT2D eigenvalue weighted by atomic mass is 9.71. The molecule has 2 unspecified atom stereocenters. The van der Waals surface area contributed by atoms with Gasteiger partial charge in [0.15, 0.2) is 40.0 Å². The highest BCUT2D eigenvalue weighted by Crippen LogP contribution is 2.64. The van der Waals surface area contributed by atoms with Crippen LogP contribution in [0.4, 0.5) is 4.79 Å². The number of nitrogens with zero attached hydrogens (tertiary/aromatic N) is 3. The Bertz CT molecular complexity index is 2340. The smallest absolute Gasteiger partial charge is 0.507 e. The number of carbonyl (C=O) groups excluding carboxylic acids is 2. The molecule has 2 saturated heterocycles. The molecule has 59 heavy (non-hydrogen) atoms. The molecule has 15 nitrogen and oxygen atoms in total. The number of aromatic hydroxyl groups is 2. The molecule has 4 bridgehead atoms. The topological polar surface area (TPSA) is 182 Å². The Morgan fingerprint density at radius 1 is 1.02 bits per heavy atom. The lowest BCUT2D eigenvalue weighted by Crippen LogP contribution is -2.69. The Labute approximate surface area is 346 Å². The van der Waals surface area contributed by atoms with Gasteiger partial charge in [0.1, 0.15) is 24.0 Å². The number of likely N-dealkylation sites (N-methyl/N-ethyl adjacent to an activating group) is 1. The van der Waals surface area contributed by atoms with Crippen molar-refractivity contribution in [3.8, 4) is 46.3 Å². The fourth-order valence-electron chi connectivity index (χ4n) is 10.4. The van der Waals surface area contributed by atoms with E-state index in [4.69, 9.17) is 33.2 Å². The molecule has 7 atom stereocenters. The van der Waals surface area contributed by atoms with Gasteiger partial charge in [0.05, 0.1) is 37.6 Å². The maximum atomic E-state index is 14.9. The number of phenolic OH excluding ortho intramolecular Hbond substituents is 2. The second kappa shape index (κ2) is 14.0. The molecule has 0 radical (unpaired) electrons. The van der Waals surface area contributed by atoms with Gasteiger partial charge in [-0.1, -0.05) is 6.07 Å². The van der Waals surface area contributed by atoms with E-state index in [1.54, 1.807) is 39.8 Å². The molecule has 312 valence electrons. The van der Waals surface area contributed by atoms with Gasteiger partial charge in [0, 0.05) is 46.6 Å². The normalized spacial score (nSPS) is 28.0. The molecule has 3 aromatic rings. The van der Waals surface area contributed by atoms with Crippen molar-refractivity contribution in [2.24, 2.45) is 0 Å². The molecule has 0 amide bonds. The second-order valence-corrected chi connectivity index (χ2v) is 18.2. The van der Waals surface area contributed by atoms with Gasteiger partial charge in [0.2, 0.25) is 6.79 Å². The number of piperazine rings is 1. The second-order valence-electron chi connectivity index (χ2n) is 17.1. The van der Waals surface area contributed by atoms with E-state index in [1.165, 1.54) is 26.0 Å². The number of nitriles is 1. The van der Waals surface area contributed by atoms with Crippen molar-refractivity contribution in [2.75, 3.05) is 47.0 Å². The van der Waals surface area contributed by atoms with Crippen LogP contribution in [0.5, 0.6) is 40.2 Å². The highest BCUT2D eigenvalue weighted by molar-refractivity contribution is 7.99. The molecule has 3 N–H and O–H groups in total. The van der Waals surface area contributed by atoms with Crippen LogP contribution in [-0.2, 0) is 32.6 Å². The molecule has 1 spiro atoms. The quantitative estimate of drug-likeness (QED) is 0.226. The van der Waals surface area contributed by atoms with Crippen molar-refractivity contribution in [1.29, 1.82) is 5.26 Å². The Morgan fingerprint density at radius 3 is 2.49 bits per heavy atom. The van der Waals surface area contributed by atoms with Gasteiger partial charge in [-0.2, -0.15) is 5.26 Å². The molecular formula is C43H48N4O11S. The van der Waals surface area contributed by atoms with Crippen LogP contribution in [0.2, 0.25) is 0 Å². The summed E-state index contributed by atoms with van der Waals surface area (Å²) in [7, 11) is 4.98. The number of esters is 1. The van der Waals surface area contributed by atoms with Crippen molar-refractivity contribution in [3.63, 3.8) is 0 Å². The van der Waals surface area contributed by atoms with Gasteiger partial charge in [-0.3, -0.25) is 15.1 Å². The highest BCUT2D eigenvalue weighted by atomic mass is 32.2. The van der Waals surface area contributed by atoms with Crippen LogP contribution < -0.4 is 29.0 Å². The molecule has 7 aliphatic heterocycles. The SMILES string of the molecule is COc1cc2c(cc1OC(=O)OC(C)(C)C)CCN[C@]21CS[C@@H]2c3c(O)c(C)c4c(c3[C@H](COC1=O)N1C2C2c3c(cc(C)c(OC)c3O)C[C@@H]([C@@H]1C#N)N2C)OCO4. The Kier molecular flexibility index (Phi) is 9.35. The number of rotatable bonds is 3. The highest BCUT2D eigenvalue weighted by Gasteiger charge is 2.61. The summed E-state index contributed by atoms with van der Waals surface area (Å²) in [6.45, 7) is 9.07. The Hall–Kier alpha value is -5.08. The number of fused-ring (bicyclic) bond motifs is 9. The zero-order chi connectivity index (χ0) is 41.9.